The van der Waals surface area contributed by atoms with Crippen molar-refractivity contribution in [2.75, 3.05) is 19.8 Å². The summed E-state index contributed by atoms with van der Waals surface area (Å²) < 4.78 is 5.75. The second kappa shape index (κ2) is 5.73. The van der Waals surface area contributed by atoms with Gasteiger partial charge in [0.05, 0.1) is 25.2 Å². The van der Waals surface area contributed by atoms with Crippen molar-refractivity contribution in [3.8, 4) is 0 Å². The van der Waals surface area contributed by atoms with Gasteiger partial charge in [-0.15, -0.1) is 0 Å². The molecule has 4 saturated carbocycles. The zero-order valence-electron chi connectivity index (χ0n) is 14.8. The van der Waals surface area contributed by atoms with Crippen LogP contribution < -0.4 is 0 Å². The smallest absolute Gasteiger partial charge is 0.311 e. The Morgan fingerprint density at radius 1 is 1.13 bits per heavy atom. The number of hydrogen-bond acceptors (Lipinski definition) is 4. The van der Waals surface area contributed by atoms with Crippen LogP contribution in [0.5, 0.6) is 0 Å². The van der Waals surface area contributed by atoms with Gasteiger partial charge in [-0.2, -0.15) is 0 Å². The molecule has 4 bridgehead atoms. The third kappa shape index (κ3) is 2.62. The van der Waals surface area contributed by atoms with E-state index in [0.717, 1.165) is 38.5 Å². The fourth-order valence-corrected chi connectivity index (χ4v) is 5.65. The van der Waals surface area contributed by atoms with Crippen molar-refractivity contribution in [1.82, 2.24) is 0 Å². The van der Waals surface area contributed by atoms with Gasteiger partial charge >= 0.3 is 5.97 Å². The van der Waals surface area contributed by atoms with Crippen LogP contribution in [0, 0.1) is 34.0 Å². The Balaban J connectivity index is 1.72. The number of rotatable bonds is 6. The van der Waals surface area contributed by atoms with Crippen molar-refractivity contribution >= 4 is 5.97 Å². The van der Waals surface area contributed by atoms with E-state index in [1.807, 2.05) is 20.8 Å². The van der Waals surface area contributed by atoms with E-state index in [2.05, 4.69) is 0 Å². The molecule has 4 rings (SSSR count). The number of carbonyl (C=O) groups excluding carboxylic acids is 1. The van der Waals surface area contributed by atoms with E-state index in [1.165, 1.54) is 0 Å². The van der Waals surface area contributed by atoms with Crippen molar-refractivity contribution in [3.63, 3.8) is 0 Å². The summed E-state index contributed by atoms with van der Waals surface area (Å²) in [5.41, 5.74) is -0.626. The summed E-state index contributed by atoms with van der Waals surface area (Å²) in [5, 5.41) is 19.9. The molecule has 4 heteroatoms. The number of hydrogen-bond donors (Lipinski definition) is 2. The second-order valence-corrected chi connectivity index (χ2v) is 9.21. The van der Waals surface area contributed by atoms with Crippen LogP contribution in [0.4, 0.5) is 0 Å². The summed E-state index contributed by atoms with van der Waals surface area (Å²) in [4.78, 5) is 12.3. The van der Waals surface area contributed by atoms with Crippen LogP contribution in [0.25, 0.3) is 0 Å². The van der Waals surface area contributed by atoms with Gasteiger partial charge in [0, 0.05) is 10.8 Å². The third-order valence-electron chi connectivity index (χ3n) is 7.48. The van der Waals surface area contributed by atoms with Crippen LogP contribution in [-0.4, -0.2) is 36.0 Å². The molecule has 0 spiro atoms. The predicted molar refractivity (Wildman–Crippen MR) is 87.6 cm³/mol. The average Bonchev–Trinajstić information content (AvgIpc) is 2.53. The van der Waals surface area contributed by atoms with E-state index in [-0.39, 0.29) is 30.0 Å². The lowest BCUT2D eigenvalue weighted by Crippen LogP contribution is -2.61. The molecule has 0 amide bonds. The zero-order chi connectivity index (χ0) is 16.9. The number of ether oxygens (including phenoxy) is 1. The van der Waals surface area contributed by atoms with Gasteiger partial charge in [-0.05, 0) is 70.1 Å². The normalized spacial score (nSPS) is 37.9. The minimum Gasteiger partial charge on any atom is -0.465 e. The lowest BCUT2D eigenvalue weighted by molar-refractivity contribution is -0.203. The summed E-state index contributed by atoms with van der Waals surface area (Å²) in [6, 6.07) is 0. The monoisotopic (exact) mass is 324 g/mol. The fraction of sp³-hybridized carbons (Fsp3) is 0.947. The van der Waals surface area contributed by atoms with Crippen LogP contribution in [-0.2, 0) is 9.53 Å². The fourth-order valence-electron chi connectivity index (χ4n) is 5.65. The molecule has 4 aliphatic rings. The lowest BCUT2D eigenvalue weighted by Gasteiger charge is -2.64. The van der Waals surface area contributed by atoms with Gasteiger partial charge in [-0.1, -0.05) is 6.92 Å². The SMILES string of the molecule is CCC(C)(C)C(=O)OCC12CC3CC(C1)C(CO)(CO)C(C3)C2. The van der Waals surface area contributed by atoms with Crippen LogP contribution >= 0.6 is 0 Å². The van der Waals surface area contributed by atoms with Gasteiger partial charge < -0.3 is 14.9 Å². The molecule has 0 heterocycles. The van der Waals surface area contributed by atoms with Crippen LogP contribution in [0.1, 0.15) is 59.3 Å². The van der Waals surface area contributed by atoms with Gasteiger partial charge in [0.25, 0.3) is 0 Å². The van der Waals surface area contributed by atoms with Gasteiger partial charge in [-0.25, -0.2) is 0 Å². The largest absolute Gasteiger partial charge is 0.465 e. The molecule has 0 aromatic heterocycles. The van der Waals surface area contributed by atoms with E-state index >= 15 is 0 Å². The van der Waals surface area contributed by atoms with Crippen LogP contribution in [0.2, 0.25) is 0 Å². The summed E-state index contributed by atoms with van der Waals surface area (Å²) in [6.07, 6.45) is 6.14. The minimum atomic E-state index is -0.414. The zero-order valence-corrected chi connectivity index (χ0v) is 14.8. The van der Waals surface area contributed by atoms with Crippen molar-refractivity contribution < 1.29 is 19.7 Å². The molecule has 0 saturated heterocycles. The van der Waals surface area contributed by atoms with E-state index in [9.17, 15) is 15.0 Å². The van der Waals surface area contributed by atoms with E-state index in [1.54, 1.807) is 0 Å². The highest BCUT2D eigenvalue weighted by molar-refractivity contribution is 5.75. The number of aliphatic hydroxyl groups is 2. The highest BCUT2D eigenvalue weighted by Gasteiger charge is 2.62. The Labute approximate surface area is 139 Å². The van der Waals surface area contributed by atoms with Crippen molar-refractivity contribution in [1.29, 1.82) is 0 Å². The maximum Gasteiger partial charge on any atom is 0.311 e. The minimum absolute atomic E-state index is 0.0871. The Morgan fingerprint density at radius 2 is 1.70 bits per heavy atom. The highest BCUT2D eigenvalue weighted by Crippen LogP contribution is 2.66. The maximum atomic E-state index is 12.3. The molecule has 4 aliphatic carbocycles. The molecule has 2 unspecified atom stereocenters. The Kier molecular flexibility index (Phi) is 4.29. The summed E-state index contributed by atoms with van der Waals surface area (Å²) in [5.74, 6) is 1.34. The first-order valence-electron chi connectivity index (χ1n) is 9.20. The van der Waals surface area contributed by atoms with Gasteiger partial charge in [0.2, 0.25) is 0 Å². The van der Waals surface area contributed by atoms with Gasteiger partial charge in [-0.3, -0.25) is 4.79 Å². The molecule has 4 nitrogen and oxygen atoms in total. The van der Waals surface area contributed by atoms with Gasteiger partial charge in [0.15, 0.2) is 0 Å². The standard InChI is InChI=1S/C19H32O4/c1-4-17(2,3)16(22)23-12-18-7-13-5-14(8-18)19(10-20,11-21)15(6-13)9-18/h13-15,20-21H,4-12H2,1-3H3. The predicted octanol–water partition coefficient (Wildman–Crippen LogP) is 2.76. The first-order valence-corrected chi connectivity index (χ1v) is 9.20. The molecule has 132 valence electrons. The van der Waals surface area contributed by atoms with Crippen molar-refractivity contribution in [3.05, 3.63) is 0 Å². The van der Waals surface area contributed by atoms with Crippen LogP contribution in [0.3, 0.4) is 0 Å². The number of esters is 1. The molecular weight excluding hydrogens is 292 g/mol. The Hall–Kier alpha value is -0.610. The van der Waals surface area contributed by atoms with E-state index in [0.29, 0.717) is 24.4 Å². The van der Waals surface area contributed by atoms with E-state index < -0.39 is 5.41 Å². The first-order chi connectivity index (χ1) is 10.8. The summed E-state index contributed by atoms with van der Waals surface area (Å²) in [6.45, 7) is 6.60. The summed E-state index contributed by atoms with van der Waals surface area (Å²) in [7, 11) is 0. The molecule has 2 atom stereocenters. The van der Waals surface area contributed by atoms with E-state index in [4.69, 9.17) is 4.74 Å². The molecular formula is C19H32O4. The molecule has 4 fully saturated rings. The maximum absolute atomic E-state index is 12.3. The Morgan fingerprint density at radius 3 is 2.17 bits per heavy atom. The lowest BCUT2D eigenvalue weighted by atomic mass is 9.41. The molecule has 23 heavy (non-hydrogen) atoms. The molecule has 0 aromatic carbocycles. The quantitative estimate of drug-likeness (QED) is 0.737. The number of carbonyl (C=O) groups is 1. The second-order valence-electron chi connectivity index (χ2n) is 9.21. The molecule has 0 radical (unpaired) electrons. The van der Waals surface area contributed by atoms with Gasteiger partial charge in [0.1, 0.15) is 0 Å². The summed E-state index contributed by atoms with van der Waals surface area (Å²) >= 11 is 0. The molecule has 0 aromatic rings. The van der Waals surface area contributed by atoms with Crippen molar-refractivity contribution in [2.45, 2.75) is 59.3 Å². The topological polar surface area (TPSA) is 66.8 Å². The number of aliphatic hydroxyl groups excluding tert-OH is 2. The highest BCUT2D eigenvalue weighted by atomic mass is 16.5. The van der Waals surface area contributed by atoms with Crippen LogP contribution in [0.15, 0.2) is 0 Å². The first kappa shape index (κ1) is 17.2. The van der Waals surface area contributed by atoms with Crippen molar-refractivity contribution in [2.24, 2.45) is 34.0 Å². The molecule has 0 aliphatic heterocycles. The molecule has 2 N–H and O–H groups in total. The Bertz CT molecular complexity index is 448. The average molecular weight is 324 g/mol. The third-order valence-corrected chi connectivity index (χ3v) is 7.48.